The van der Waals surface area contributed by atoms with Crippen LogP contribution in [-0.2, 0) is 19.1 Å². The predicted molar refractivity (Wildman–Crippen MR) is 144 cm³/mol. The van der Waals surface area contributed by atoms with Crippen molar-refractivity contribution < 1.29 is 59.9 Å². The minimum Gasteiger partial charge on any atom is -0.394 e. The van der Waals surface area contributed by atoms with Gasteiger partial charge in [0, 0.05) is 12.8 Å². The number of aliphatic hydroxyl groups excluding tert-OH is 8. The molecule has 0 aromatic carbocycles. The minimum atomic E-state index is -1.52. The normalized spacial score (nSPS) is 33.9. The largest absolute Gasteiger partial charge is 0.394 e. The Labute approximate surface area is 240 Å². The fourth-order valence-corrected chi connectivity index (χ4v) is 5.07. The lowest BCUT2D eigenvalue weighted by Gasteiger charge is -2.40. The molecule has 2 fully saturated rings. The van der Waals surface area contributed by atoms with Crippen LogP contribution in [0.3, 0.4) is 0 Å². The van der Waals surface area contributed by atoms with Crippen LogP contribution in [0, 0.1) is 0 Å². The van der Waals surface area contributed by atoms with E-state index in [4.69, 9.17) is 9.47 Å². The van der Waals surface area contributed by atoms with Gasteiger partial charge in [-0.25, -0.2) is 0 Å². The number of carbonyl (C=O) groups is 2. The molecule has 0 spiro atoms. The maximum Gasteiger partial charge on any atom is 0.222 e. The quantitative estimate of drug-likeness (QED) is 0.0767. The van der Waals surface area contributed by atoms with E-state index < -0.39 is 74.5 Å². The van der Waals surface area contributed by atoms with Gasteiger partial charge in [-0.3, -0.25) is 9.59 Å². The van der Waals surface area contributed by atoms with E-state index in [2.05, 4.69) is 10.6 Å². The SMILES string of the molecule is O=C(CCCCCCCCCCCCCC(=O)NC1O[C@H](CO)[C@@H](O)[C@H](O)[C@H]1O)NC1O[C@H](CO)[C@@H](O)[C@H](O)[C@H]1O. The molecule has 2 amide bonds. The van der Waals surface area contributed by atoms with E-state index in [1.54, 1.807) is 0 Å². The van der Waals surface area contributed by atoms with Crippen LogP contribution in [0.5, 0.6) is 0 Å². The van der Waals surface area contributed by atoms with Crippen molar-refractivity contribution in [1.29, 1.82) is 0 Å². The van der Waals surface area contributed by atoms with Crippen molar-refractivity contribution in [2.45, 2.75) is 145 Å². The van der Waals surface area contributed by atoms with Crippen LogP contribution in [0.4, 0.5) is 0 Å². The van der Waals surface area contributed by atoms with Crippen molar-refractivity contribution >= 4 is 11.8 Å². The molecule has 0 aromatic heterocycles. The first kappa shape index (κ1) is 35.7. The molecule has 41 heavy (non-hydrogen) atoms. The van der Waals surface area contributed by atoms with E-state index in [9.17, 15) is 50.4 Å². The van der Waals surface area contributed by atoms with E-state index in [1.165, 1.54) is 0 Å². The van der Waals surface area contributed by atoms with Gasteiger partial charge in [-0.05, 0) is 12.8 Å². The summed E-state index contributed by atoms with van der Waals surface area (Å²) in [6, 6.07) is 0. The molecular weight excluding hydrogens is 544 g/mol. The van der Waals surface area contributed by atoms with E-state index >= 15 is 0 Å². The summed E-state index contributed by atoms with van der Waals surface area (Å²) in [7, 11) is 0. The van der Waals surface area contributed by atoms with Gasteiger partial charge in [-0.2, -0.15) is 0 Å². The van der Waals surface area contributed by atoms with Crippen LogP contribution in [-0.4, -0.2) is 127 Å². The second-order valence-electron chi connectivity index (χ2n) is 11.0. The van der Waals surface area contributed by atoms with Gasteiger partial charge in [0.1, 0.15) is 48.8 Å². The average molecular weight is 595 g/mol. The summed E-state index contributed by atoms with van der Waals surface area (Å²) in [5.74, 6) is -0.665. The first-order valence-corrected chi connectivity index (χ1v) is 14.8. The fourth-order valence-electron chi connectivity index (χ4n) is 5.07. The summed E-state index contributed by atoms with van der Waals surface area (Å²) in [5, 5.41) is 82.5. The molecule has 2 heterocycles. The van der Waals surface area contributed by atoms with E-state index in [0.29, 0.717) is 12.8 Å². The lowest BCUT2D eigenvalue weighted by molar-refractivity contribution is -0.236. The number of amides is 2. The molecule has 2 rings (SSSR count). The van der Waals surface area contributed by atoms with Crippen LogP contribution in [0.15, 0.2) is 0 Å². The summed E-state index contributed by atoms with van der Waals surface area (Å²) < 4.78 is 10.6. The molecule has 2 aliphatic rings. The van der Waals surface area contributed by atoms with Crippen LogP contribution in [0.1, 0.15) is 83.5 Å². The summed E-state index contributed by atoms with van der Waals surface area (Å²) in [6.45, 7) is -1.10. The highest BCUT2D eigenvalue weighted by Crippen LogP contribution is 2.21. The predicted octanol–water partition coefficient (Wildman–Crippen LogP) is -2.11. The lowest BCUT2D eigenvalue weighted by Crippen LogP contribution is -2.63. The van der Waals surface area contributed by atoms with Gasteiger partial charge >= 0.3 is 0 Å². The summed E-state index contributed by atoms with van der Waals surface area (Å²) in [6.07, 6.45) is -2.41. The van der Waals surface area contributed by atoms with Gasteiger partial charge in [0.2, 0.25) is 11.8 Å². The van der Waals surface area contributed by atoms with Crippen molar-refractivity contribution in [3.63, 3.8) is 0 Å². The van der Waals surface area contributed by atoms with Gasteiger partial charge in [0.25, 0.3) is 0 Å². The highest BCUT2D eigenvalue weighted by molar-refractivity contribution is 5.76. The molecule has 0 saturated carbocycles. The number of hydrogen-bond acceptors (Lipinski definition) is 12. The van der Waals surface area contributed by atoms with Gasteiger partial charge in [0.15, 0.2) is 12.5 Å². The van der Waals surface area contributed by atoms with Crippen LogP contribution < -0.4 is 10.6 Å². The second-order valence-corrected chi connectivity index (χ2v) is 11.0. The first-order valence-electron chi connectivity index (χ1n) is 14.8. The number of aliphatic hydroxyl groups is 8. The minimum absolute atomic E-state index is 0.246. The third-order valence-electron chi connectivity index (χ3n) is 7.70. The third-order valence-corrected chi connectivity index (χ3v) is 7.70. The molecule has 10 N–H and O–H groups in total. The average Bonchev–Trinajstić information content (AvgIpc) is 2.96. The molecule has 14 nitrogen and oxygen atoms in total. The molecule has 0 radical (unpaired) electrons. The maximum absolute atomic E-state index is 12.1. The third kappa shape index (κ3) is 11.6. The number of rotatable bonds is 18. The van der Waals surface area contributed by atoms with E-state index in [0.717, 1.165) is 57.8 Å². The van der Waals surface area contributed by atoms with Crippen molar-refractivity contribution in [3.8, 4) is 0 Å². The van der Waals surface area contributed by atoms with Gasteiger partial charge in [-0.1, -0.05) is 57.8 Å². The Hall–Kier alpha value is -1.46. The lowest BCUT2D eigenvalue weighted by atomic mass is 9.98. The van der Waals surface area contributed by atoms with Crippen molar-refractivity contribution in [2.24, 2.45) is 0 Å². The Kier molecular flexibility index (Phi) is 16.5. The van der Waals surface area contributed by atoms with Gasteiger partial charge in [0.05, 0.1) is 13.2 Å². The number of carbonyl (C=O) groups excluding carboxylic acids is 2. The standard InChI is InChI=1S/C27H50N2O12/c30-14-16-20(34)22(36)24(38)26(40-16)28-18(32)12-10-8-6-4-2-1-3-5-7-9-11-13-19(33)29-27-25(39)23(37)21(35)17(15-31)41-27/h16-17,20-27,30-31,34-39H,1-15H2,(H,28,32)(H,29,33)/t16-,17-,20-,21-,22+,23+,24-,25-,26?,27?/m1/s1. The van der Waals surface area contributed by atoms with Crippen LogP contribution in [0.25, 0.3) is 0 Å². The number of nitrogens with one attached hydrogen (secondary N) is 2. The molecule has 0 aliphatic carbocycles. The second kappa shape index (κ2) is 18.9. The number of hydrogen-bond donors (Lipinski definition) is 10. The number of ether oxygens (including phenoxy) is 2. The van der Waals surface area contributed by atoms with Crippen molar-refractivity contribution in [2.75, 3.05) is 13.2 Å². The summed E-state index contributed by atoms with van der Waals surface area (Å²) in [4.78, 5) is 24.3. The molecule has 2 unspecified atom stereocenters. The highest BCUT2D eigenvalue weighted by Gasteiger charge is 2.45. The molecule has 14 heteroatoms. The Balaban J connectivity index is 1.41. The molecule has 10 atom stereocenters. The van der Waals surface area contributed by atoms with Crippen LogP contribution in [0.2, 0.25) is 0 Å². The Morgan fingerprint density at radius 2 is 0.756 bits per heavy atom. The van der Waals surface area contributed by atoms with E-state index in [1.807, 2.05) is 0 Å². The van der Waals surface area contributed by atoms with Crippen molar-refractivity contribution in [3.05, 3.63) is 0 Å². The molecule has 0 aromatic rings. The van der Waals surface area contributed by atoms with Gasteiger partial charge < -0.3 is 61.0 Å². The Morgan fingerprint density at radius 3 is 1.05 bits per heavy atom. The molecule has 240 valence electrons. The van der Waals surface area contributed by atoms with Gasteiger partial charge in [-0.15, -0.1) is 0 Å². The molecule has 0 bridgehead atoms. The van der Waals surface area contributed by atoms with Crippen LogP contribution >= 0.6 is 0 Å². The summed E-state index contributed by atoms with van der Waals surface area (Å²) >= 11 is 0. The zero-order chi connectivity index (χ0) is 30.4. The Morgan fingerprint density at radius 1 is 0.463 bits per heavy atom. The van der Waals surface area contributed by atoms with Crippen molar-refractivity contribution in [1.82, 2.24) is 10.6 Å². The highest BCUT2D eigenvalue weighted by atomic mass is 16.6. The maximum atomic E-state index is 12.1. The smallest absolute Gasteiger partial charge is 0.222 e. The number of unbranched alkanes of at least 4 members (excludes halogenated alkanes) is 10. The zero-order valence-electron chi connectivity index (χ0n) is 23.6. The monoisotopic (exact) mass is 594 g/mol. The molecule has 2 aliphatic heterocycles. The van der Waals surface area contributed by atoms with E-state index in [-0.39, 0.29) is 24.7 Å². The Bertz CT molecular complexity index is 698. The fraction of sp³-hybridized carbons (Fsp3) is 0.926. The summed E-state index contributed by atoms with van der Waals surface area (Å²) in [5.41, 5.74) is 0. The molecule has 2 saturated heterocycles. The first-order chi connectivity index (χ1) is 19.6. The molecular formula is C27H50N2O12. The zero-order valence-corrected chi connectivity index (χ0v) is 23.6. The topological polar surface area (TPSA) is 238 Å².